The Morgan fingerprint density at radius 2 is 1.90 bits per heavy atom. The second kappa shape index (κ2) is 9.51. The Bertz CT molecular complexity index is 879. The van der Waals surface area contributed by atoms with Crippen molar-refractivity contribution in [3.05, 3.63) is 40.6 Å². The highest BCUT2D eigenvalue weighted by Crippen LogP contribution is 2.31. The first-order valence-corrected chi connectivity index (χ1v) is 10.5. The summed E-state index contributed by atoms with van der Waals surface area (Å²) in [5.74, 6) is -0.983. The summed E-state index contributed by atoms with van der Waals surface area (Å²) in [5.41, 5.74) is 1.43. The van der Waals surface area contributed by atoms with Crippen molar-refractivity contribution < 1.29 is 32.6 Å². The molecule has 1 aliphatic rings. The molecule has 162 valence electrons. The molecule has 2 atom stereocenters. The van der Waals surface area contributed by atoms with Gasteiger partial charge in [-0.3, -0.25) is 9.59 Å². The van der Waals surface area contributed by atoms with Crippen molar-refractivity contribution in [2.45, 2.75) is 50.9 Å². The van der Waals surface area contributed by atoms with Crippen LogP contribution in [0.1, 0.15) is 48.2 Å². The number of carboxylic acid groups (broad SMARTS) is 1. The molecule has 1 fully saturated rings. The van der Waals surface area contributed by atoms with Crippen LogP contribution in [0.3, 0.4) is 0 Å². The molecule has 9 heteroatoms. The zero-order valence-corrected chi connectivity index (χ0v) is 16.9. The summed E-state index contributed by atoms with van der Waals surface area (Å²) in [6, 6.07) is 7.23. The number of hydrogen-bond donors (Lipinski definition) is 2. The average molecular weight is 441 g/mol. The van der Waals surface area contributed by atoms with E-state index >= 15 is 0 Å². The quantitative estimate of drug-likeness (QED) is 0.598. The lowest BCUT2D eigenvalue weighted by Crippen LogP contribution is -2.38. The second-order valence-electron chi connectivity index (χ2n) is 7.41. The standard InChI is InChI=1S/C21H22F3NO4S/c22-21(23,24)29-17-7-5-14(6-8-17)15-11-18(30-12-15)20(28)25-16-3-1-2-13(10-16)4-9-19(26)27/h5-8,11-13,16H,1-4,9-10H2,(H,25,28)(H,26,27)/t13-,16?/m0/s1. The number of rotatable bonds is 7. The highest BCUT2D eigenvalue weighted by atomic mass is 32.1. The van der Waals surface area contributed by atoms with Gasteiger partial charge >= 0.3 is 12.3 Å². The van der Waals surface area contributed by atoms with Crippen molar-refractivity contribution in [3.63, 3.8) is 0 Å². The lowest BCUT2D eigenvalue weighted by Gasteiger charge is -2.29. The maximum Gasteiger partial charge on any atom is 0.573 e. The summed E-state index contributed by atoms with van der Waals surface area (Å²) in [4.78, 5) is 23.9. The maximum absolute atomic E-state index is 12.6. The van der Waals surface area contributed by atoms with Crippen LogP contribution in [-0.2, 0) is 4.79 Å². The summed E-state index contributed by atoms with van der Waals surface area (Å²) in [6.45, 7) is 0. The summed E-state index contributed by atoms with van der Waals surface area (Å²) in [7, 11) is 0. The first kappa shape index (κ1) is 22.1. The van der Waals surface area contributed by atoms with Crippen molar-refractivity contribution in [1.82, 2.24) is 5.32 Å². The van der Waals surface area contributed by atoms with E-state index in [1.165, 1.54) is 35.6 Å². The van der Waals surface area contributed by atoms with E-state index in [-0.39, 0.29) is 24.1 Å². The summed E-state index contributed by atoms with van der Waals surface area (Å²) >= 11 is 1.27. The molecular formula is C21H22F3NO4S. The van der Waals surface area contributed by atoms with E-state index in [0.29, 0.717) is 22.8 Å². The molecule has 1 aliphatic carbocycles. The number of alkyl halides is 3. The van der Waals surface area contributed by atoms with Crippen molar-refractivity contribution in [1.29, 1.82) is 0 Å². The van der Waals surface area contributed by atoms with Gasteiger partial charge in [0.15, 0.2) is 0 Å². The number of carbonyl (C=O) groups excluding carboxylic acids is 1. The number of carbonyl (C=O) groups is 2. The molecule has 3 rings (SSSR count). The molecule has 0 saturated heterocycles. The number of amides is 1. The minimum Gasteiger partial charge on any atom is -0.481 e. The molecule has 1 amide bonds. The van der Waals surface area contributed by atoms with E-state index in [1.54, 1.807) is 11.4 Å². The largest absolute Gasteiger partial charge is 0.573 e. The summed E-state index contributed by atoms with van der Waals surface area (Å²) < 4.78 is 40.6. The highest BCUT2D eigenvalue weighted by molar-refractivity contribution is 7.12. The predicted molar refractivity (Wildman–Crippen MR) is 107 cm³/mol. The maximum atomic E-state index is 12.6. The number of ether oxygens (including phenoxy) is 1. The third-order valence-corrected chi connectivity index (χ3v) is 6.06. The monoisotopic (exact) mass is 441 g/mol. The lowest BCUT2D eigenvalue weighted by atomic mass is 9.83. The molecule has 5 nitrogen and oxygen atoms in total. The molecule has 1 unspecified atom stereocenters. The van der Waals surface area contributed by atoms with Crippen molar-refractivity contribution in [2.75, 3.05) is 0 Å². The SMILES string of the molecule is O=C(O)CC[C@@H]1CCCC(NC(=O)c2cc(-c3ccc(OC(F)(F)F)cc3)cs2)C1. The van der Waals surface area contributed by atoms with Gasteiger partial charge in [0, 0.05) is 12.5 Å². The predicted octanol–water partition coefficient (Wildman–Crippen LogP) is 5.47. The van der Waals surface area contributed by atoms with Gasteiger partial charge in [-0.1, -0.05) is 25.0 Å². The molecule has 1 aromatic heterocycles. The number of nitrogens with one attached hydrogen (secondary N) is 1. The molecule has 1 saturated carbocycles. The number of thiophene rings is 1. The molecule has 1 heterocycles. The van der Waals surface area contributed by atoms with E-state index in [2.05, 4.69) is 10.1 Å². The molecule has 0 aliphatic heterocycles. The molecule has 1 aromatic carbocycles. The summed E-state index contributed by atoms with van der Waals surface area (Å²) in [6.07, 6.45) is -0.382. The van der Waals surface area contributed by atoms with Crippen molar-refractivity contribution in [2.24, 2.45) is 5.92 Å². The third-order valence-electron chi connectivity index (χ3n) is 5.13. The zero-order chi connectivity index (χ0) is 21.7. The molecule has 30 heavy (non-hydrogen) atoms. The molecule has 2 N–H and O–H groups in total. The number of hydrogen-bond acceptors (Lipinski definition) is 4. The first-order chi connectivity index (χ1) is 14.2. The van der Waals surface area contributed by atoms with Gasteiger partial charge in [0.2, 0.25) is 0 Å². The third kappa shape index (κ3) is 6.48. The average Bonchev–Trinajstić information content (AvgIpc) is 3.16. The number of aliphatic carboxylic acids is 1. The fourth-order valence-electron chi connectivity index (χ4n) is 3.72. The zero-order valence-electron chi connectivity index (χ0n) is 16.1. The Hall–Kier alpha value is -2.55. The van der Waals surface area contributed by atoms with Gasteiger partial charge in [-0.2, -0.15) is 0 Å². The van der Waals surface area contributed by atoms with Gasteiger partial charge in [-0.25, -0.2) is 0 Å². The van der Waals surface area contributed by atoms with E-state index in [4.69, 9.17) is 5.11 Å². The van der Waals surface area contributed by atoms with Gasteiger partial charge in [-0.15, -0.1) is 24.5 Å². The fraction of sp³-hybridized carbons (Fsp3) is 0.429. The van der Waals surface area contributed by atoms with Crippen LogP contribution < -0.4 is 10.1 Å². The number of benzene rings is 1. The summed E-state index contributed by atoms with van der Waals surface area (Å²) in [5, 5.41) is 13.7. The molecule has 0 radical (unpaired) electrons. The van der Waals surface area contributed by atoms with Crippen LogP contribution in [0.4, 0.5) is 13.2 Å². The Kier molecular flexibility index (Phi) is 7.02. The van der Waals surface area contributed by atoms with Crippen LogP contribution in [0.2, 0.25) is 0 Å². The Morgan fingerprint density at radius 1 is 1.17 bits per heavy atom. The Balaban J connectivity index is 1.57. The van der Waals surface area contributed by atoms with Gasteiger partial charge in [0.1, 0.15) is 5.75 Å². The first-order valence-electron chi connectivity index (χ1n) is 9.67. The van der Waals surface area contributed by atoms with Crippen LogP contribution >= 0.6 is 11.3 Å². The van der Waals surface area contributed by atoms with E-state index in [9.17, 15) is 22.8 Å². The van der Waals surface area contributed by atoms with Gasteiger partial charge in [0.25, 0.3) is 5.91 Å². The van der Waals surface area contributed by atoms with Crippen LogP contribution in [0, 0.1) is 5.92 Å². The van der Waals surface area contributed by atoms with Crippen LogP contribution in [0.15, 0.2) is 35.7 Å². The normalized spacial score (nSPS) is 19.3. The fourth-order valence-corrected chi connectivity index (χ4v) is 4.54. The molecule has 0 bridgehead atoms. The van der Waals surface area contributed by atoms with Crippen molar-refractivity contribution in [3.8, 4) is 16.9 Å². The molecular weight excluding hydrogens is 419 g/mol. The van der Waals surface area contributed by atoms with Crippen molar-refractivity contribution >= 4 is 23.2 Å². The second-order valence-corrected chi connectivity index (χ2v) is 8.32. The van der Waals surface area contributed by atoms with Gasteiger partial charge < -0.3 is 15.2 Å². The molecule has 2 aromatic rings. The molecule has 0 spiro atoms. The highest BCUT2D eigenvalue weighted by Gasteiger charge is 2.31. The Morgan fingerprint density at radius 3 is 2.57 bits per heavy atom. The van der Waals surface area contributed by atoms with Gasteiger partial charge in [-0.05, 0) is 59.9 Å². The smallest absolute Gasteiger partial charge is 0.481 e. The number of carboxylic acids is 1. The number of halogens is 3. The lowest BCUT2D eigenvalue weighted by molar-refractivity contribution is -0.274. The Labute approximate surface area is 175 Å². The van der Waals surface area contributed by atoms with Crippen LogP contribution in [-0.4, -0.2) is 29.4 Å². The van der Waals surface area contributed by atoms with Crippen LogP contribution in [0.25, 0.3) is 11.1 Å². The van der Waals surface area contributed by atoms with E-state index in [0.717, 1.165) is 31.2 Å². The minimum atomic E-state index is -4.74. The van der Waals surface area contributed by atoms with E-state index < -0.39 is 12.3 Å². The minimum absolute atomic E-state index is 0.0226. The van der Waals surface area contributed by atoms with E-state index in [1.807, 2.05) is 0 Å². The van der Waals surface area contributed by atoms with Gasteiger partial charge in [0.05, 0.1) is 4.88 Å². The van der Waals surface area contributed by atoms with Crippen LogP contribution in [0.5, 0.6) is 5.75 Å². The topological polar surface area (TPSA) is 75.6 Å².